The van der Waals surface area contributed by atoms with E-state index in [4.69, 9.17) is 5.21 Å². The van der Waals surface area contributed by atoms with Crippen LogP contribution in [0.5, 0.6) is 0 Å². The molecule has 0 aliphatic heterocycles. The summed E-state index contributed by atoms with van der Waals surface area (Å²) in [5, 5.41) is 11.5. The van der Waals surface area contributed by atoms with Crippen molar-refractivity contribution in [2.75, 3.05) is 0 Å². The second-order valence-corrected chi connectivity index (χ2v) is 3.54. The fourth-order valence-electron chi connectivity index (χ4n) is 1.95. The minimum atomic E-state index is 0.417. The SMILES string of the molecule is ON=CC1CCc2ccccc2C1. The molecule has 1 N–H and O–H groups in total. The molecule has 0 fully saturated rings. The molecule has 0 radical (unpaired) electrons. The van der Waals surface area contributed by atoms with Gasteiger partial charge in [0.1, 0.15) is 0 Å². The zero-order chi connectivity index (χ0) is 9.10. The second kappa shape index (κ2) is 3.60. The Morgan fingerprint density at radius 3 is 2.85 bits per heavy atom. The van der Waals surface area contributed by atoms with Gasteiger partial charge in [0.15, 0.2) is 0 Å². The summed E-state index contributed by atoms with van der Waals surface area (Å²) in [5.41, 5.74) is 2.85. The molecule has 1 aromatic carbocycles. The zero-order valence-corrected chi connectivity index (χ0v) is 7.48. The van der Waals surface area contributed by atoms with Crippen LogP contribution in [0, 0.1) is 5.92 Å². The lowest BCUT2D eigenvalue weighted by Gasteiger charge is -2.20. The van der Waals surface area contributed by atoms with Gasteiger partial charge in [-0.25, -0.2) is 0 Å². The van der Waals surface area contributed by atoms with E-state index in [0.717, 1.165) is 19.3 Å². The quantitative estimate of drug-likeness (QED) is 0.396. The summed E-state index contributed by atoms with van der Waals surface area (Å²) in [5.74, 6) is 0.417. The van der Waals surface area contributed by atoms with E-state index in [9.17, 15) is 0 Å². The van der Waals surface area contributed by atoms with Gasteiger partial charge in [0.2, 0.25) is 0 Å². The van der Waals surface area contributed by atoms with Crippen molar-refractivity contribution in [1.29, 1.82) is 0 Å². The van der Waals surface area contributed by atoms with E-state index in [1.807, 2.05) is 0 Å². The maximum atomic E-state index is 8.44. The molecule has 2 heteroatoms. The molecule has 2 rings (SSSR count). The van der Waals surface area contributed by atoms with Crippen LogP contribution in [0.1, 0.15) is 17.5 Å². The van der Waals surface area contributed by atoms with Gasteiger partial charge >= 0.3 is 0 Å². The first kappa shape index (κ1) is 8.30. The molecule has 68 valence electrons. The number of rotatable bonds is 1. The van der Waals surface area contributed by atoms with Gasteiger partial charge in [0.25, 0.3) is 0 Å². The molecule has 1 aliphatic rings. The van der Waals surface area contributed by atoms with Gasteiger partial charge in [0, 0.05) is 12.1 Å². The van der Waals surface area contributed by atoms with Crippen LogP contribution in [-0.2, 0) is 12.8 Å². The number of hydrogen-bond donors (Lipinski definition) is 1. The molecule has 2 nitrogen and oxygen atoms in total. The third-order valence-corrected chi connectivity index (χ3v) is 2.66. The van der Waals surface area contributed by atoms with Gasteiger partial charge in [-0.3, -0.25) is 0 Å². The lowest BCUT2D eigenvalue weighted by molar-refractivity contribution is 0.317. The normalized spacial score (nSPS) is 21.7. The first-order valence-corrected chi connectivity index (χ1v) is 4.64. The Kier molecular flexibility index (Phi) is 2.30. The van der Waals surface area contributed by atoms with Gasteiger partial charge in [-0.2, -0.15) is 0 Å². The van der Waals surface area contributed by atoms with Crippen LogP contribution in [0.25, 0.3) is 0 Å². The fourth-order valence-corrected chi connectivity index (χ4v) is 1.95. The predicted octanol–water partition coefficient (Wildman–Crippen LogP) is 2.25. The van der Waals surface area contributed by atoms with E-state index in [1.54, 1.807) is 6.21 Å². The summed E-state index contributed by atoms with van der Waals surface area (Å²) < 4.78 is 0. The summed E-state index contributed by atoms with van der Waals surface area (Å²) in [6.45, 7) is 0. The van der Waals surface area contributed by atoms with Crippen LogP contribution in [0.2, 0.25) is 0 Å². The number of benzene rings is 1. The van der Waals surface area contributed by atoms with Gasteiger partial charge in [-0.05, 0) is 30.4 Å². The number of fused-ring (bicyclic) bond motifs is 1. The number of hydrogen-bond acceptors (Lipinski definition) is 2. The van der Waals surface area contributed by atoms with E-state index < -0.39 is 0 Å². The molecule has 0 bridgehead atoms. The molecular formula is C11H13NO. The standard InChI is InChI=1S/C11H13NO/c13-12-8-9-5-6-10-3-1-2-4-11(10)7-9/h1-4,8-9,13H,5-7H2. The Morgan fingerprint density at radius 1 is 1.31 bits per heavy atom. The van der Waals surface area contributed by atoms with E-state index in [2.05, 4.69) is 29.4 Å². The molecule has 0 saturated heterocycles. The Balaban J connectivity index is 2.19. The summed E-state index contributed by atoms with van der Waals surface area (Å²) in [4.78, 5) is 0. The molecule has 0 saturated carbocycles. The highest BCUT2D eigenvalue weighted by Crippen LogP contribution is 2.23. The monoisotopic (exact) mass is 175 g/mol. The Bertz CT molecular complexity index is 320. The van der Waals surface area contributed by atoms with Crippen molar-refractivity contribution >= 4 is 6.21 Å². The fraction of sp³-hybridized carbons (Fsp3) is 0.364. The average molecular weight is 175 g/mol. The summed E-state index contributed by atoms with van der Waals surface area (Å²) in [6, 6.07) is 8.49. The van der Waals surface area contributed by atoms with Crippen LogP contribution < -0.4 is 0 Å². The first-order chi connectivity index (χ1) is 6.40. The van der Waals surface area contributed by atoms with Gasteiger partial charge in [0.05, 0.1) is 0 Å². The number of nitrogens with zero attached hydrogens (tertiary/aromatic N) is 1. The third-order valence-electron chi connectivity index (χ3n) is 2.66. The van der Waals surface area contributed by atoms with E-state index in [1.165, 1.54) is 11.1 Å². The Labute approximate surface area is 77.9 Å². The zero-order valence-electron chi connectivity index (χ0n) is 7.48. The molecule has 0 amide bonds. The van der Waals surface area contributed by atoms with E-state index >= 15 is 0 Å². The highest BCUT2D eigenvalue weighted by Gasteiger charge is 2.16. The maximum absolute atomic E-state index is 8.44. The van der Waals surface area contributed by atoms with Crippen molar-refractivity contribution in [2.24, 2.45) is 11.1 Å². The minimum Gasteiger partial charge on any atom is -0.411 e. The largest absolute Gasteiger partial charge is 0.411 e. The summed E-state index contributed by atoms with van der Waals surface area (Å²) >= 11 is 0. The van der Waals surface area contributed by atoms with Crippen molar-refractivity contribution in [2.45, 2.75) is 19.3 Å². The molecule has 0 aromatic heterocycles. The van der Waals surface area contributed by atoms with Crippen molar-refractivity contribution in [3.63, 3.8) is 0 Å². The molecule has 1 aromatic rings. The predicted molar refractivity (Wildman–Crippen MR) is 52.2 cm³/mol. The van der Waals surface area contributed by atoms with Gasteiger partial charge in [-0.15, -0.1) is 5.16 Å². The van der Waals surface area contributed by atoms with E-state index in [-0.39, 0.29) is 0 Å². The van der Waals surface area contributed by atoms with Crippen molar-refractivity contribution in [3.8, 4) is 0 Å². The molecule has 0 spiro atoms. The Morgan fingerprint density at radius 2 is 2.08 bits per heavy atom. The lowest BCUT2D eigenvalue weighted by Crippen LogP contribution is -2.15. The summed E-state index contributed by atoms with van der Waals surface area (Å²) in [7, 11) is 0. The van der Waals surface area contributed by atoms with Crippen molar-refractivity contribution in [3.05, 3.63) is 35.4 Å². The smallest absolute Gasteiger partial charge is 0.0470 e. The summed E-state index contributed by atoms with van der Waals surface area (Å²) in [6.07, 6.45) is 4.87. The van der Waals surface area contributed by atoms with Gasteiger partial charge in [-0.1, -0.05) is 24.3 Å². The first-order valence-electron chi connectivity index (χ1n) is 4.64. The maximum Gasteiger partial charge on any atom is 0.0470 e. The van der Waals surface area contributed by atoms with Crippen molar-refractivity contribution in [1.82, 2.24) is 0 Å². The highest BCUT2D eigenvalue weighted by atomic mass is 16.4. The van der Waals surface area contributed by atoms with Gasteiger partial charge < -0.3 is 5.21 Å². The molecule has 1 atom stereocenters. The topological polar surface area (TPSA) is 32.6 Å². The lowest BCUT2D eigenvalue weighted by atomic mass is 9.85. The van der Waals surface area contributed by atoms with Crippen LogP contribution in [0.15, 0.2) is 29.4 Å². The van der Waals surface area contributed by atoms with E-state index in [0.29, 0.717) is 5.92 Å². The third kappa shape index (κ3) is 1.72. The average Bonchev–Trinajstić information content (AvgIpc) is 2.18. The molecular weight excluding hydrogens is 162 g/mol. The Hall–Kier alpha value is -1.31. The molecule has 1 aliphatic carbocycles. The van der Waals surface area contributed by atoms with Crippen LogP contribution in [0.3, 0.4) is 0 Å². The highest BCUT2D eigenvalue weighted by molar-refractivity contribution is 5.61. The van der Waals surface area contributed by atoms with Crippen LogP contribution in [0.4, 0.5) is 0 Å². The molecule has 13 heavy (non-hydrogen) atoms. The molecule has 1 unspecified atom stereocenters. The molecule has 0 heterocycles. The minimum absolute atomic E-state index is 0.417. The number of aryl methyl sites for hydroxylation is 1. The second-order valence-electron chi connectivity index (χ2n) is 3.54. The van der Waals surface area contributed by atoms with Crippen molar-refractivity contribution < 1.29 is 5.21 Å². The number of oxime groups is 1. The van der Waals surface area contributed by atoms with Crippen LogP contribution in [-0.4, -0.2) is 11.4 Å². The van der Waals surface area contributed by atoms with Crippen LogP contribution >= 0.6 is 0 Å².